The number of nitrogens with one attached hydrogen (secondary N) is 1. The van der Waals surface area contributed by atoms with Crippen LogP contribution in [0.4, 0.5) is 16.1 Å². The summed E-state index contributed by atoms with van der Waals surface area (Å²) in [5, 5.41) is 16.8. The molecule has 7 heteroatoms. The van der Waals surface area contributed by atoms with Gasteiger partial charge in [-0.25, -0.2) is 4.39 Å². The second-order valence-electron chi connectivity index (χ2n) is 6.90. The Morgan fingerprint density at radius 1 is 1.28 bits per heavy atom. The SMILES string of the molecule is CC(C)c1noc(NC(C)c2cc(F)ccc2N2CCC(O)CC2)n1. The molecule has 1 saturated heterocycles. The molecule has 1 unspecified atom stereocenters. The van der Waals surface area contributed by atoms with Gasteiger partial charge < -0.3 is 19.8 Å². The molecule has 1 aliphatic rings. The van der Waals surface area contributed by atoms with E-state index >= 15 is 0 Å². The number of nitrogens with zero attached hydrogens (tertiary/aromatic N) is 3. The van der Waals surface area contributed by atoms with Crippen LogP contribution < -0.4 is 10.2 Å². The average Bonchev–Trinajstić information content (AvgIpc) is 3.04. The number of piperidine rings is 1. The lowest BCUT2D eigenvalue weighted by Gasteiger charge is -2.34. The van der Waals surface area contributed by atoms with E-state index in [0.29, 0.717) is 11.8 Å². The zero-order valence-electron chi connectivity index (χ0n) is 14.9. The fourth-order valence-electron chi connectivity index (χ4n) is 3.06. The lowest BCUT2D eigenvalue weighted by atomic mass is 10.0. The molecule has 1 fully saturated rings. The quantitative estimate of drug-likeness (QED) is 0.862. The molecule has 1 aromatic heterocycles. The monoisotopic (exact) mass is 348 g/mol. The van der Waals surface area contributed by atoms with Crippen LogP contribution in [0.1, 0.15) is 57.0 Å². The van der Waals surface area contributed by atoms with Gasteiger partial charge in [0.15, 0.2) is 5.82 Å². The van der Waals surface area contributed by atoms with E-state index in [-0.39, 0.29) is 23.9 Å². The van der Waals surface area contributed by atoms with Crippen LogP contribution in [-0.2, 0) is 0 Å². The van der Waals surface area contributed by atoms with Crippen molar-refractivity contribution in [3.8, 4) is 0 Å². The van der Waals surface area contributed by atoms with Crippen LogP contribution in [0.3, 0.4) is 0 Å². The Kier molecular flexibility index (Phi) is 5.22. The van der Waals surface area contributed by atoms with E-state index in [0.717, 1.165) is 37.2 Å². The lowest BCUT2D eigenvalue weighted by molar-refractivity contribution is 0.145. The Morgan fingerprint density at radius 3 is 2.64 bits per heavy atom. The fourth-order valence-corrected chi connectivity index (χ4v) is 3.06. The number of anilines is 2. The number of aromatic nitrogens is 2. The number of aliphatic hydroxyl groups excluding tert-OH is 1. The molecule has 0 bridgehead atoms. The van der Waals surface area contributed by atoms with E-state index in [4.69, 9.17) is 4.52 Å². The third kappa shape index (κ3) is 4.10. The van der Waals surface area contributed by atoms with Gasteiger partial charge in [-0.3, -0.25) is 0 Å². The van der Waals surface area contributed by atoms with Gasteiger partial charge in [0.2, 0.25) is 0 Å². The fraction of sp³-hybridized carbons (Fsp3) is 0.556. The Bertz CT molecular complexity index is 711. The third-order valence-electron chi connectivity index (χ3n) is 4.56. The molecule has 25 heavy (non-hydrogen) atoms. The Morgan fingerprint density at radius 2 is 2.00 bits per heavy atom. The van der Waals surface area contributed by atoms with E-state index < -0.39 is 0 Å². The molecule has 0 saturated carbocycles. The summed E-state index contributed by atoms with van der Waals surface area (Å²) in [5.74, 6) is 0.538. The third-order valence-corrected chi connectivity index (χ3v) is 4.56. The Labute approximate surface area is 147 Å². The molecule has 2 aromatic rings. The van der Waals surface area contributed by atoms with Gasteiger partial charge in [0.05, 0.1) is 12.1 Å². The summed E-state index contributed by atoms with van der Waals surface area (Å²) in [4.78, 5) is 6.51. The van der Waals surface area contributed by atoms with Gasteiger partial charge in [-0.15, -0.1) is 0 Å². The summed E-state index contributed by atoms with van der Waals surface area (Å²) < 4.78 is 19.1. The summed E-state index contributed by atoms with van der Waals surface area (Å²) in [7, 11) is 0. The van der Waals surface area contributed by atoms with Crippen LogP contribution in [0.2, 0.25) is 0 Å². The molecule has 1 aliphatic heterocycles. The predicted molar refractivity (Wildman–Crippen MR) is 94.3 cm³/mol. The van der Waals surface area contributed by atoms with Crippen molar-refractivity contribution < 1.29 is 14.0 Å². The van der Waals surface area contributed by atoms with E-state index in [2.05, 4.69) is 20.4 Å². The second-order valence-corrected chi connectivity index (χ2v) is 6.90. The Balaban J connectivity index is 1.80. The molecule has 136 valence electrons. The van der Waals surface area contributed by atoms with Crippen molar-refractivity contribution >= 4 is 11.7 Å². The first-order valence-electron chi connectivity index (χ1n) is 8.76. The van der Waals surface area contributed by atoms with Gasteiger partial charge in [-0.1, -0.05) is 19.0 Å². The molecule has 2 heterocycles. The highest BCUT2D eigenvalue weighted by Crippen LogP contribution is 2.31. The maximum Gasteiger partial charge on any atom is 0.321 e. The number of hydrogen-bond donors (Lipinski definition) is 2. The molecular formula is C18H25FN4O2. The molecule has 0 amide bonds. The van der Waals surface area contributed by atoms with Crippen molar-refractivity contribution in [1.29, 1.82) is 0 Å². The largest absolute Gasteiger partial charge is 0.393 e. The van der Waals surface area contributed by atoms with Gasteiger partial charge >= 0.3 is 6.01 Å². The molecule has 1 atom stereocenters. The van der Waals surface area contributed by atoms with Crippen molar-refractivity contribution in [2.75, 3.05) is 23.3 Å². The predicted octanol–water partition coefficient (Wildman–Crippen LogP) is 3.47. The first-order valence-corrected chi connectivity index (χ1v) is 8.76. The van der Waals surface area contributed by atoms with Gasteiger partial charge in [-0.05, 0) is 38.0 Å². The standard InChI is InChI=1S/C18H25FN4O2/c1-11(2)17-21-18(25-22-17)20-12(3)15-10-13(19)4-5-16(15)23-8-6-14(24)7-9-23/h4-5,10-12,14,24H,6-9H2,1-3H3,(H,20,21,22). The minimum Gasteiger partial charge on any atom is -0.393 e. The van der Waals surface area contributed by atoms with Crippen LogP contribution in [0, 0.1) is 5.82 Å². The summed E-state index contributed by atoms with van der Waals surface area (Å²) >= 11 is 0. The van der Waals surface area contributed by atoms with E-state index in [1.807, 2.05) is 20.8 Å². The van der Waals surface area contributed by atoms with Crippen LogP contribution >= 0.6 is 0 Å². The molecular weight excluding hydrogens is 323 g/mol. The van der Waals surface area contributed by atoms with Gasteiger partial charge in [0.1, 0.15) is 5.82 Å². The molecule has 0 aliphatic carbocycles. The summed E-state index contributed by atoms with van der Waals surface area (Å²) in [6.45, 7) is 7.44. The maximum absolute atomic E-state index is 13.8. The minimum absolute atomic E-state index is 0.180. The summed E-state index contributed by atoms with van der Waals surface area (Å²) in [6.07, 6.45) is 1.20. The molecule has 0 radical (unpaired) electrons. The van der Waals surface area contributed by atoms with Crippen molar-refractivity contribution in [2.45, 2.75) is 51.7 Å². The number of rotatable bonds is 5. The van der Waals surface area contributed by atoms with E-state index in [9.17, 15) is 9.50 Å². The molecule has 0 spiro atoms. The van der Waals surface area contributed by atoms with Gasteiger partial charge in [0.25, 0.3) is 0 Å². The summed E-state index contributed by atoms with van der Waals surface area (Å²) in [6, 6.07) is 4.95. The maximum atomic E-state index is 13.8. The van der Waals surface area contributed by atoms with Crippen molar-refractivity contribution in [2.24, 2.45) is 0 Å². The van der Waals surface area contributed by atoms with E-state index in [1.165, 1.54) is 12.1 Å². The average molecular weight is 348 g/mol. The second kappa shape index (κ2) is 7.39. The molecule has 2 N–H and O–H groups in total. The minimum atomic E-state index is -0.280. The number of halogens is 1. The highest BCUT2D eigenvalue weighted by Gasteiger charge is 2.22. The summed E-state index contributed by atoms with van der Waals surface area (Å²) in [5.41, 5.74) is 1.80. The molecule has 6 nitrogen and oxygen atoms in total. The van der Waals surface area contributed by atoms with Crippen molar-refractivity contribution in [3.63, 3.8) is 0 Å². The molecule has 1 aromatic carbocycles. The number of hydrogen-bond acceptors (Lipinski definition) is 6. The zero-order valence-corrected chi connectivity index (χ0v) is 14.9. The molecule has 3 rings (SSSR count). The van der Waals surface area contributed by atoms with Gasteiger partial charge in [-0.2, -0.15) is 4.98 Å². The zero-order chi connectivity index (χ0) is 18.0. The Hall–Kier alpha value is -2.15. The van der Waals surface area contributed by atoms with Crippen LogP contribution in [0.15, 0.2) is 22.7 Å². The van der Waals surface area contributed by atoms with Crippen molar-refractivity contribution in [3.05, 3.63) is 35.4 Å². The number of aliphatic hydroxyl groups is 1. The smallest absolute Gasteiger partial charge is 0.321 e. The number of benzene rings is 1. The van der Waals surface area contributed by atoms with Gasteiger partial charge in [0, 0.05) is 30.3 Å². The van der Waals surface area contributed by atoms with Crippen LogP contribution in [0.25, 0.3) is 0 Å². The highest BCUT2D eigenvalue weighted by molar-refractivity contribution is 5.56. The first kappa shape index (κ1) is 17.7. The lowest BCUT2D eigenvalue weighted by Crippen LogP contribution is -2.36. The van der Waals surface area contributed by atoms with Crippen molar-refractivity contribution in [1.82, 2.24) is 10.1 Å². The van der Waals surface area contributed by atoms with Crippen LogP contribution in [-0.4, -0.2) is 34.4 Å². The first-order chi connectivity index (χ1) is 11.9. The normalized spacial score (nSPS) is 17.1. The topological polar surface area (TPSA) is 74.4 Å². The highest BCUT2D eigenvalue weighted by atomic mass is 19.1. The van der Waals surface area contributed by atoms with Crippen LogP contribution in [0.5, 0.6) is 0 Å². The van der Waals surface area contributed by atoms with E-state index in [1.54, 1.807) is 6.07 Å².